The number of aromatic nitrogens is 4. The molecule has 5 atom stereocenters. The smallest absolute Gasteiger partial charge is 0.280 e. The third-order valence-electron chi connectivity index (χ3n) is 8.24. The normalized spacial score (nSPS) is 20.6. The number of nitrogens with two attached hydrogens (primary N) is 1. The quantitative estimate of drug-likeness (QED) is 0.244. The summed E-state index contributed by atoms with van der Waals surface area (Å²) in [4.78, 5) is 23.1. The lowest BCUT2D eigenvalue weighted by atomic mass is 9.78. The Hall–Kier alpha value is -1.93. The molecule has 210 valence electrons. The van der Waals surface area contributed by atoms with Gasteiger partial charge in [0.15, 0.2) is 11.2 Å². The Bertz CT molecular complexity index is 984. The molecule has 0 radical (unpaired) electrons. The monoisotopic (exact) mass is 517 g/mol. The first-order valence-corrected chi connectivity index (χ1v) is 14.9. The van der Waals surface area contributed by atoms with Crippen molar-refractivity contribution in [2.24, 2.45) is 17.8 Å². The summed E-state index contributed by atoms with van der Waals surface area (Å²) < 4.78 is 14.5. The summed E-state index contributed by atoms with van der Waals surface area (Å²) in [6.45, 7) is 12.3. The van der Waals surface area contributed by atoms with Gasteiger partial charge in [-0.3, -0.25) is 14.3 Å². The summed E-state index contributed by atoms with van der Waals surface area (Å²) in [6.07, 6.45) is 16.1. The molecule has 0 saturated carbocycles. The van der Waals surface area contributed by atoms with E-state index >= 15 is 0 Å². The Morgan fingerprint density at radius 3 is 2.51 bits per heavy atom. The maximum atomic E-state index is 12.1. The molecule has 1 fully saturated rings. The predicted octanol–water partition coefficient (Wildman–Crippen LogP) is 6.61. The van der Waals surface area contributed by atoms with Crippen molar-refractivity contribution in [1.29, 1.82) is 0 Å². The van der Waals surface area contributed by atoms with E-state index in [1.165, 1.54) is 51.4 Å². The lowest BCUT2D eigenvalue weighted by Crippen LogP contribution is -2.24. The van der Waals surface area contributed by atoms with Gasteiger partial charge in [-0.1, -0.05) is 73.1 Å². The van der Waals surface area contributed by atoms with Gasteiger partial charge in [0.2, 0.25) is 5.95 Å². The molecule has 0 amide bonds. The molecule has 0 bridgehead atoms. The summed E-state index contributed by atoms with van der Waals surface area (Å²) in [6, 6.07) is 0. The van der Waals surface area contributed by atoms with Crippen molar-refractivity contribution in [3.05, 3.63) is 16.7 Å². The highest BCUT2D eigenvalue weighted by molar-refractivity contribution is 5.70. The van der Waals surface area contributed by atoms with E-state index in [9.17, 15) is 4.79 Å². The second-order valence-corrected chi connectivity index (χ2v) is 11.2. The zero-order chi connectivity index (χ0) is 26.8. The van der Waals surface area contributed by atoms with Crippen LogP contribution in [0.1, 0.15) is 118 Å². The van der Waals surface area contributed by atoms with E-state index in [0.29, 0.717) is 12.3 Å². The van der Waals surface area contributed by atoms with E-state index in [1.807, 2.05) is 4.57 Å². The highest BCUT2D eigenvalue weighted by Gasteiger charge is 2.29. The molecule has 8 heteroatoms. The van der Waals surface area contributed by atoms with Crippen LogP contribution in [0.3, 0.4) is 0 Å². The third-order valence-corrected chi connectivity index (χ3v) is 8.24. The van der Waals surface area contributed by atoms with Crippen LogP contribution in [0.5, 0.6) is 0 Å². The average molecular weight is 518 g/mol. The zero-order valence-electron chi connectivity index (χ0n) is 23.9. The number of fused-ring (bicyclic) bond motifs is 1. The Morgan fingerprint density at radius 1 is 1.11 bits per heavy atom. The van der Waals surface area contributed by atoms with E-state index in [0.717, 1.165) is 43.4 Å². The highest BCUT2D eigenvalue weighted by Crippen LogP contribution is 2.33. The van der Waals surface area contributed by atoms with Crippen molar-refractivity contribution >= 4 is 17.1 Å². The topological polar surface area (TPSA) is 108 Å². The fraction of sp³-hybridized carbons (Fsp3) is 0.828. The van der Waals surface area contributed by atoms with Gasteiger partial charge in [0.05, 0.1) is 25.1 Å². The van der Waals surface area contributed by atoms with E-state index in [2.05, 4.69) is 49.6 Å². The molecule has 3 N–H and O–H groups in total. The first kappa shape index (κ1) is 29.6. The van der Waals surface area contributed by atoms with Gasteiger partial charge in [0.25, 0.3) is 5.56 Å². The summed E-state index contributed by atoms with van der Waals surface area (Å²) in [5.41, 5.74) is 6.17. The number of nitrogens with one attached hydrogen (secondary N) is 1. The van der Waals surface area contributed by atoms with Crippen LogP contribution in [0, 0.1) is 17.8 Å². The van der Waals surface area contributed by atoms with Gasteiger partial charge < -0.3 is 15.2 Å². The number of imidazole rings is 1. The van der Waals surface area contributed by atoms with Gasteiger partial charge in [0.1, 0.15) is 6.23 Å². The van der Waals surface area contributed by atoms with Gasteiger partial charge >= 0.3 is 0 Å². The van der Waals surface area contributed by atoms with Crippen molar-refractivity contribution in [3.8, 4) is 0 Å². The Balaban J connectivity index is 1.49. The molecule has 8 nitrogen and oxygen atoms in total. The fourth-order valence-corrected chi connectivity index (χ4v) is 6.22. The van der Waals surface area contributed by atoms with Gasteiger partial charge in [0, 0.05) is 0 Å². The van der Waals surface area contributed by atoms with E-state index in [1.54, 1.807) is 6.33 Å². The summed E-state index contributed by atoms with van der Waals surface area (Å²) in [5, 5.41) is 0. The maximum Gasteiger partial charge on any atom is 0.280 e. The average Bonchev–Trinajstić information content (AvgIpc) is 3.50. The van der Waals surface area contributed by atoms with Crippen molar-refractivity contribution in [1.82, 2.24) is 19.5 Å². The summed E-state index contributed by atoms with van der Waals surface area (Å²) >= 11 is 0. The van der Waals surface area contributed by atoms with Gasteiger partial charge in [-0.05, 0) is 56.3 Å². The number of H-pyrrole nitrogens is 1. The Kier molecular flexibility index (Phi) is 11.9. The van der Waals surface area contributed by atoms with Gasteiger partial charge in [-0.2, -0.15) is 4.98 Å². The maximum absolute atomic E-state index is 12.1. The van der Waals surface area contributed by atoms with Crippen molar-refractivity contribution in [3.63, 3.8) is 0 Å². The first-order chi connectivity index (χ1) is 17.9. The number of rotatable bonds is 17. The highest BCUT2D eigenvalue weighted by atomic mass is 16.6. The number of ether oxygens (including phenoxy) is 2. The second kappa shape index (κ2) is 14.9. The molecular weight excluding hydrogens is 466 g/mol. The summed E-state index contributed by atoms with van der Waals surface area (Å²) in [7, 11) is 0. The minimum atomic E-state index is -0.327. The number of hydrogen-bond donors (Lipinski definition) is 2. The molecular formula is C29H51N5O3. The minimum absolute atomic E-state index is 0.0325. The van der Waals surface area contributed by atoms with Crippen molar-refractivity contribution in [2.45, 2.75) is 130 Å². The molecule has 0 spiro atoms. The van der Waals surface area contributed by atoms with Crippen LogP contribution in [-0.4, -0.2) is 38.3 Å². The molecule has 1 aliphatic heterocycles. The SMILES string of the molecule is CCCC(CCC)CC(C)C(CCC)CC[C@@H](CC)OC[C@@H]1CCC(n2cnc3c(=O)[nH]c(N)nc32)O1. The Labute approximate surface area is 223 Å². The largest absolute Gasteiger partial charge is 0.376 e. The van der Waals surface area contributed by atoms with Crippen LogP contribution < -0.4 is 11.3 Å². The predicted molar refractivity (Wildman–Crippen MR) is 150 cm³/mol. The first-order valence-electron chi connectivity index (χ1n) is 14.9. The van der Waals surface area contributed by atoms with E-state index < -0.39 is 0 Å². The lowest BCUT2D eigenvalue weighted by molar-refractivity contribution is -0.0630. The molecule has 1 saturated heterocycles. The number of aromatic amines is 1. The molecule has 0 aromatic carbocycles. The minimum Gasteiger partial charge on any atom is -0.376 e. The number of nitrogens with zero attached hydrogens (tertiary/aromatic N) is 3. The zero-order valence-corrected chi connectivity index (χ0v) is 23.9. The molecule has 2 aromatic heterocycles. The number of nitrogen functional groups attached to an aromatic ring is 1. The lowest BCUT2D eigenvalue weighted by Gasteiger charge is -2.29. The van der Waals surface area contributed by atoms with E-state index in [-0.39, 0.29) is 35.5 Å². The molecule has 2 aromatic rings. The van der Waals surface area contributed by atoms with Crippen LogP contribution in [0.25, 0.3) is 11.2 Å². The van der Waals surface area contributed by atoms with Crippen LogP contribution in [0.2, 0.25) is 0 Å². The standard InChI is InChI=1S/C29H51N5O3/c1-6-10-21(11-7-2)17-20(5)22(12-8-3)13-14-23(9-4)36-18-24-15-16-25(37-24)34-19-31-26-27(34)32-29(30)33-28(26)35/h19-25H,6-18H2,1-5H3,(H3,30,32,33,35)/t20?,22?,23-,24+,25?/m1/s1. The van der Waals surface area contributed by atoms with Gasteiger partial charge in [-0.15, -0.1) is 0 Å². The molecule has 3 unspecified atom stereocenters. The van der Waals surface area contributed by atoms with Crippen LogP contribution in [0.15, 0.2) is 11.1 Å². The van der Waals surface area contributed by atoms with Crippen molar-refractivity contribution in [2.75, 3.05) is 12.3 Å². The molecule has 1 aliphatic rings. The molecule has 0 aliphatic carbocycles. The number of anilines is 1. The van der Waals surface area contributed by atoms with Gasteiger partial charge in [-0.25, -0.2) is 4.98 Å². The fourth-order valence-electron chi connectivity index (χ4n) is 6.22. The third kappa shape index (κ3) is 8.28. The Morgan fingerprint density at radius 2 is 1.84 bits per heavy atom. The van der Waals surface area contributed by atoms with Crippen LogP contribution in [-0.2, 0) is 9.47 Å². The molecule has 3 heterocycles. The van der Waals surface area contributed by atoms with Crippen molar-refractivity contribution < 1.29 is 9.47 Å². The van der Waals surface area contributed by atoms with Crippen LogP contribution >= 0.6 is 0 Å². The second-order valence-electron chi connectivity index (χ2n) is 11.2. The molecule has 37 heavy (non-hydrogen) atoms. The van der Waals surface area contributed by atoms with Crippen LogP contribution in [0.4, 0.5) is 5.95 Å². The summed E-state index contributed by atoms with van der Waals surface area (Å²) in [5.74, 6) is 2.53. The van der Waals surface area contributed by atoms with E-state index in [4.69, 9.17) is 15.2 Å². The number of hydrogen-bond acceptors (Lipinski definition) is 6. The molecule has 3 rings (SSSR count).